The molecule has 0 saturated heterocycles. The van der Waals surface area contributed by atoms with Crippen LogP contribution in [0.4, 0.5) is 5.69 Å². The molecule has 1 heterocycles. The molecule has 0 amide bonds. The fraction of sp³-hybridized carbons (Fsp3) is 0.167. The van der Waals surface area contributed by atoms with Crippen molar-refractivity contribution >= 4 is 38.6 Å². The van der Waals surface area contributed by atoms with Gasteiger partial charge in [0.15, 0.2) is 0 Å². The number of hydrogen-bond donors (Lipinski definition) is 0. The van der Waals surface area contributed by atoms with Crippen LogP contribution in [0.5, 0.6) is 23.0 Å². The zero-order valence-corrected chi connectivity index (χ0v) is 31.6. The van der Waals surface area contributed by atoms with Gasteiger partial charge in [-0.15, -0.1) is 0 Å². The Morgan fingerprint density at radius 1 is 0.500 bits per heavy atom. The van der Waals surface area contributed by atoms with Crippen molar-refractivity contribution in [3.8, 4) is 23.0 Å². The Kier molecular flexibility index (Phi) is 11.0. The van der Waals surface area contributed by atoms with E-state index in [0.717, 1.165) is 81.5 Å². The van der Waals surface area contributed by atoms with Crippen molar-refractivity contribution in [2.75, 3.05) is 33.3 Å². The Morgan fingerprint density at radius 2 is 0.907 bits per heavy atom. The first kappa shape index (κ1) is 36.0. The number of methoxy groups -OCH3 is 4. The summed E-state index contributed by atoms with van der Waals surface area (Å²) >= 11 is 0. The summed E-state index contributed by atoms with van der Waals surface area (Å²) in [4.78, 5) is 2.26. The third-order valence-electron chi connectivity index (χ3n) is 9.93. The van der Waals surface area contributed by atoms with Crippen molar-refractivity contribution in [3.05, 3.63) is 174 Å². The largest absolute Gasteiger partial charge is 0.497 e. The van der Waals surface area contributed by atoms with E-state index in [1.165, 1.54) is 21.8 Å². The average Bonchev–Trinajstić information content (AvgIpc) is 3.56. The van der Waals surface area contributed by atoms with Crippen LogP contribution in [0, 0.1) is 0 Å². The van der Waals surface area contributed by atoms with Gasteiger partial charge in [0.05, 0.1) is 28.4 Å². The maximum Gasteiger partial charge on any atom is 0.118 e. The van der Waals surface area contributed by atoms with Crippen molar-refractivity contribution in [1.29, 1.82) is 0 Å². The SMILES string of the molecule is CCCCn1c2ccccc2c2cc(N(C=C(c3ccc(OC)cc3)c3ccc(OC)cc3)C=C(c3ccc(OC)cc3)c3ccc(OC)cc3)ccc21. The number of rotatable bonds is 14. The summed E-state index contributed by atoms with van der Waals surface area (Å²) in [5.74, 6) is 3.21. The normalized spacial score (nSPS) is 10.9. The predicted molar refractivity (Wildman–Crippen MR) is 223 cm³/mol. The van der Waals surface area contributed by atoms with Crippen molar-refractivity contribution in [2.24, 2.45) is 0 Å². The van der Waals surface area contributed by atoms with Crippen molar-refractivity contribution in [3.63, 3.8) is 0 Å². The molecule has 0 unspecified atom stereocenters. The molecule has 0 saturated carbocycles. The second kappa shape index (κ2) is 16.5. The number of para-hydroxylation sites is 1. The van der Waals surface area contributed by atoms with Crippen molar-refractivity contribution in [1.82, 2.24) is 4.57 Å². The van der Waals surface area contributed by atoms with Crippen LogP contribution in [-0.4, -0.2) is 33.0 Å². The highest BCUT2D eigenvalue weighted by Gasteiger charge is 2.17. The molecule has 0 aliphatic heterocycles. The Balaban J connectivity index is 1.50. The number of anilines is 1. The maximum absolute atomic E-state index is 5.55. The van der Waals surface area contributed by atoms with E-state index in [9.17, 15) is 0 Å². The first-order valence-electron chi connectivity index (χ1n) is 18.3. The van der Waals surface area contributed by atoms with Gasteiger partial charge >= 0.3 is 0 Å². The van der Waals surface area contributed by atoms with Crippen molar-refractivity contribution < 1.29 is 18.9 Å². The molecule has 0 fully saturated rings. The number of hydrogen-bond acceptors (Lipinski definition) is 5. The van der Waals surface area contributed by atoms with Crippen LogP contribution in [0.15, 0.2) is 152 Å². The summed E-state index contributed by atoms with van der Waals surface area (Å²) in [6.45, 7) is 3.22. The van der Waals surface area contributed by atoms with Gasteiger partial charge in [0.2, 0.25) is 0 Å². The van der Waals surface area contributed by atoms with Gasteiger partial charge in [-0.1, -0.05) is 80.1 Å². The van der Waals surface area contributed by atoms with Crippen LogP contribution < -0.4 is 23.8 Å². The Morgan fingerprint density at radius 3 is 1.31 bits per heavy atom. The van der Waals surface area contributed by atoms with E-state index in [1.54, 1.807) is 28.4 Å². The quantitative estimate of drug-likeness (QED) is 0.112. The monoisotopic (exact) mass is 714 g/mol. The van der Waals surface area contributed by atoms with Gasteiger partial charge in [0, 0.05) is 57.6 Å². The number of ether oxygens (including phenoxy) is 4. The minimum Gasteiger partial charge on any atom is -0.497 e. The highest BCUT2D eigenvalue weighted by atomic mass is 16.5. The third kappa shape index (κ3) is 7.55. The maximum atomic E-state index is 5.55. The van der Waals surface area contributed by atoms with E-state index in [-0.39, 0.29) is 0 Å². The number of aryl methyl sites for hydroxylation is 1. The van der Waals surface area contributed by atoms with Crippen LogP contribution in [0.3, 0.4) is 0 Å². The second-order valence-electron chi connectivity index (χ2n) is 13.1. The first-order valence-corrected chi connectivity index (χ1v) is 18.3. The molecular weight excluding hydrogens is 669 g/mol. The van der Waals surface area contributed by atoms with Crippen molar-refractivity contribution in [2.45, 2.75) is 26.3 Å². The lowest BCUT2D eigenvalue weighted by Gasteiger charge is -2.22. The molecule has 0 bridgehead atoms. The van der Waals surface area contributed by atoms with E-state index < -0.39 is 0 Å². The number of aromatic nitrogens is 1. The number of fused-ring (bicyclic) bond motifs is 3. The summed E-state index contributed by atoms with van der Waals surface area (Å²) in [6.07, 6.45) is 6.71. The van der Waals surface area contributed by atoms with E-state index in [4.69, 9.17) is 18.9 Å². The number of nitrogens with zero attached hydrogens (tertiary/aromatic N) is 2. The molecule has 7 aromatic rings. The van der Waals surface area contributed by atoms with Gasteiger partial charge in [-0.3, -0.25) is 0 Å². The molecule has 0 N–H and O–H groups in total. The molecule has 7 rings (SSSR count). The topological polar surface area (TPSA) is 45.1 Å². The number of unbranched alkanes of at least 4 members (excludes halogenated alkanes) is 1. The summed E-state index contributed by atoms with van der Waals surface area (Å²) in [5.41, 5.74) is 9.78. The van der Waals surface area contributed by atoms with E-state index in [0.29, 0.717) is 0 Å². The Hall–Kier alpha value is -6.40. The van der Waals surface area contributed by atoms with Gasteiger partial charge < -0.3 is 28.4 Å². The molecule has 0 spiro atoms. The zero-order chi connectivity index (χ0) is 37.4. The molecule has 272 valence electrons. The summed E-state index contributed by atoms with van der Waals surface area (Å²) < 4.78 is 24.6. The van der Waals surface area contributed by atoms with Crippen LogP contribution in [-0.2, 0) is 6.54 Å². The molecular formula is C48H46N2O4. The molecule has 1 aromatic heterocycles. The third-order valence-corrected chi connectivity index (χ3v) is 9.93. The highest BCUT2D eigenvalue weighted by molar-refractivity contribution is 6.09. The Bertz CT molecular complexity index is 2180. The summed E-state index contributed by atoms with van der Waals surface area (Å²) in [7, 11) is 6.77. The fourth-order valence-corrected chi connectivity index (χ4v) is 6.94. The van der Waals surface area contributed by atoms with E-state index in [2.05, 4.69) is 120 Å². The fourth-order valence-electron chi connectivity index (χ4n) is 6.94. The van der Waals surface area contributed by atoms with Gasteiger partial charge in [-0.2, -0.15) is 0 Å². The average molecular weight is 715 g/mol. The molecule has 6 heteroatoms. The summed E-state index contributed by atoms with van der Waals surface area (Å²) in [6, 6.07) is 48.5. The lowest BCUT2D eigenvalue weighted by atomic mass is 9.97. The molecule has 6 aromatic carbocycles. The summed E-state index contributed by atoms with van der Waals surface area (Å²) in [5, 5.41) is 2.46. The molecule has 0 atom stereocenters. The second-order valence-corrected chi connectivity index (χ2v) is 13.1. The standard InChI is InChI=1S/C48H46N2O4/c1-6-7-30-50-47-11-9-8-10-43(47)44-31-38(20-29-48(44)50)49(32-45(34-12-21-39(51-2)22-13-34)35-14-23-40(52-3)24-15-35)33-46(36-16-25-41(53-4)26-17-36)37-18-27-42(54-5)28-19-37/h8-29,31-33H,6-7,30H2,1-5H3. The Labute approximate surface area is 318 Å². The molecule has 54 heavy (non-hydrogen) atoms. The minimum atomic E-state index is 0.802. The lowest BCUT2D eigenvalue weighted by Crippen LogP contribution is -2.11. The molecule has 0 aliphatic carbocycles. The predicted octanol–water partition coefficient (Wildman–Crippen LogP) is 11.6. The van der Waals surface area contributed by atoms with Gasteiger partial charge in [-0.25, -0.2) is 0 Å². The number of benzene rings is 6. The highest BCUT2D eigenvalue weighted by Crippen LogP contribution is 2.36. The first-order chi connectivity index (χ1) is 26.5. The van der Waals surface area contributed by atoms with Gasteiger partial charge in [-0.05, 0) is 101 Å². The minimum absolute atomic E-state index is 0.802. The van der Waals surface area contributed by atoms with E-state index in [1.807, 2.05) is 48.5 Å². The van der Waals surface area contributed by atoms with Gasteiger partial charge in [0.1, 0.15) is 23.0 Å². The lowest BCUT2D eigenvalue weighted by molar-refractivity contribution is 0.414. The zero-order valence-electron chi connectivity index (χ0n) is 31.6. The van der Waals surface area contributed by atoms with Crippen LogP contribution in [0.25, 0.3) is 33.0 Å². The molecule has 6 nitrogen and oxygen atoms in total. The van der Waals surface area contributed by atoms with E-state index >= 15 is 0 Å². The van der Waals surface area contributed by atoms with Crippen LogP contribution >= 0.6 is 0 Å². The molecule has 0 radical (unpaired) electrons. The van der Waals surface area contributed by atoms with Crippen LogP contribution in [0.2, 0.25) is 0 Å². The smallest absolute Gasteiger partial charge is 0.118 e. The van der Waals surface area contributed by atoms with Crippen LogP contribution in [0.1, 0.15) is 42.0 Å². The molecule has 0 aliphatic rings. The van der Waals surface area contributed by atoms with Gasteiger partial charge in [0.25, 0.3) is 0 Å².